The first kappa shape index (κ1) is 13.0. The average molecular weight is 236 g/mol. The van der Waals surface area contributed by atoms with Crippen molar-refractivity contribution in [3.8, 4) is 5.75 Å². The molecule has 0 bridgehead atoms. The van der Waals surface area contributed by atoms with Gasteiger partial charge in [0.25, 0.3) is 0 Å². The third-order valence-corrected chi connectivity index (χ3v) is 2.17. The first-order chi connectivity index (χ1) is 8.21. The van der Waals surface area contributed by atoms with Crippen molar-refractivity contribution in [3.05, 3.63) is 24.3 Å². The molecular formula is C12H16N2O3. The summed E-state index contributed by atoms with van der Waals surface area (Å²) in [5.74, 6) is 0.344. The maximum absolute atomic E-state index is 11.3. The zero-order valence-corrected chi connectivity index (χ0v) is 10.2. The van der Waals surface area contributed by atoms with Crippen molar-refractivity contribution in [2.45, 2.75) is 13.3 Å². The highest BCUT2D eigenvalue weighted by Gasteiger charge is 2.08. The summed E-state index contributed by atoms with van der Waals surface area (Å²) >= 11 is 0. The minimum Gasteiger partial charge on any atom is -0.497 e. The van der Waals surface area contributed by atoms with Crippen LogP contribution in [0, 0.1) is 0 Å². The van der Waals surface area contributed by atoms with E-state index in [1.54, 1.807) is 7.11 Å². The van der Waals surface area contributed by atoms with Gasteiger partial charge in [0, 0.05) is 0 Å². The Balaban J connectivity index is 2.69. The molecule has 0 amide bonds. The van der Waals surface area contributed by atoms with Gasteiger partial charge in [0.15, 0.2) is 0 Å². The lowest BCUT2D eigenvalue weighted by Crippen LogP contribution is -2.16. The van der Waals surface area contributed by atoms with Gasteiger partial charge in [-0.3, -0.25) is 5.43 Å². The number of anilines is 1. The van der Waals surface area contributed by atoms with Crippen molar-refractivity contribution in [1.29, 1.82) is 0 Å². The number of methoxy groups -OCH3 is 2. The number of carbonyl (C=O) groups is 1. The van der Waals surface area contributed by atoms with Crippen molar-refractivity contribution in [2.75, 3.05) is 19.6 Å². The molecule has 0 aliphatic heterocycles. The summed E-state index contributed by atoms with van der Waals surface area (Å²) in [5.41, 5.74) is 3.92. The van der Waals surface area contributed by atoms with E-state index >= 15 is 0 Å². The average Bonchev–Trinajstić information content (AvgIpc) is 2.39. The number of ether oxygens (including phenoxy) is 2. The minimum atomic E-state index is -0.423. The smallest absolute Gasteiger partial charge is 0.354 e. The van der Waals surface area contributed by atoms with Crippen LogP contribution in [0.2, 0.25) is 0 Å². The van der Waals surface area contributed by atoms with Gasteiger partial charge in [-0.2, -0.15) is 5.10 Å². The number of nitrogens with zero attached hydrogens (tertiary/aromatic N) is 1. The molecule has 0 spiro atoms. The fourth-order valence-corrected chi connectivity index (χ4v) is 1.18. The van der Waals surface area contributed by atoms with Crippen LogP contribution in [0.1, 0.15) is 13.3 Å². The number of carbonyl (C=O) groups excluding carboxylic acids is 1. The second kappa shape index (κ2) is 6.52. The Morgan fingerprint density at radius 1 is 1.29 bits per heavy atom. The molecule has 0 aliphatic rings. The molecule has 0 heterocycles. The van der Waals surface area contributed by atoms with E-state index in [-0.39, 0.29) is 0 Å². The lowest BCUT2D eigenvalue weighted by atomic mass is 10.3. The van der Waals surface area contributed by atoms with Crippen LogP contribution in [0.25, 0.3) is 0 Å². The Morgan fingerprint density at radius 3 is 2.41 bits per heavy atom. The molecule has 5 nitrogen and oxygen atoms in total. The summed E-state index contributed by atoms with van der Waals surface area (Å²) in [4.78, 5) is 11.3. The Morgan fingerprint density at radius 2 is 1.94 bits per heavy atom. The van der Waals surface area contributed by atoms with Gasteiger partial charge in [0.1, 0.15) is 11.5 Å². The van der Waals surface area contributed by atoms with Crippen LogP contribution < -0.4 is 10.2 Å². The molecule has 0 atom stereocenters. The van der Waals surface area contributed by atoms with Crippen LogP contribution in [-0.4, -0.2) is 25.9 Å². The van der Waals surface area contributed by atoms with Crippen LogP contribution in [0.5, 0.6) is 5.75 Å². The second-order valence-electron chi connectivity index (χ2n) is 3.24. The zero-order chi connectivity index (χ0) is 12.7. The molecule has 0 unspecified atom stereocenters. The summed E-state index contributed by atoms with van der Waals surface area (Å²) in [7, 11) is 2.94. The van der Waals surface area contributed by atoms with E-state index in [4.69, 9.17) is 4.74 Å². The van der Waals surface area contributed by atoms with E-state index in [2.05, 4.69) is 15.3 Å². The van der Waals surface area contributed by atoms with Crippen LogP contribution >= 0.6 is 0 Å². The number of esters is 1. The maximum atomic E-state index is 11.3. The Labute approximate surface area is 100 Å². The predicted molar refractivity (Wildman–Crippen MR) is 66.4 cm³/mol. The standard InChI is InChI=1S/C12H16N2O3/c1-4-11(12(15)17-3)14-13-9-5-7-10(16-2)8-6-9/h5-8,13H,4H2,1-3H3. The van der Waals surface area contributed by atoms with Crippen molar-refractivity contribution in [3.63, 3.8) is 0 Å². The topological polar surface area (TPSA) is 59.9 Å². The van der Waals surface area contributed by atoms with E-state index in [0.29, 0.717) is 12.1 Å². The number of hydrazone groups is 1. The minimum absolute atomic E-state index is 0.350. The molecule has 0 aliphatic carbocycles. The Hall–Kier alpha value is -2.04. The van der Waals surface area contributed by atoms with Gasteiger partial charge in [-0.05, 0) is 30.7 Å². The third-order valence-electron chi connectivity index (χ3n) is 2.17. The van der Waals surface area contributed by atoms with Crippen molar-refractivity contribution in [1.82, 2.24) is 0 Å². The highest BCUT2D eigenvalue weighted by atomic mass is 16.5. The molecular weight excluding hydrogens is 220 g/mol. The highest BCUT2D eigenvalue weighted by Crippen LogP contribution is 2.14. The molecule has 0 aromatic heterocycles. The molecule has 5 heteroatoms. The Kier molecular flexibility index (Phi) is 5.00. The molecule has 0 radical (unpaired) electrons. The van der Waals surface area contributed by atoms with E-state index in [1.807, 2.05) is 31.2 Å². The monoisotopic (exact) mass is 236 g/mol. The predicted octanol–water partition coefficient (Wildman–Crippen LogP) is 2.05. The summed E-state index contributed by atoms with van der Waals surface area (Å²) < 4.78 is 9.63. The summed E-state index contributed by atoms with van der Waals surface area (Å²) in [6.45, 7) is 1.84. The molecule has 92 valence electrons. The van der Waals surface area contributed by atoms with Crippen molar-refractivity contribution in [2.24, 2.45) is 5.10 Å². The van der Waals surface area contributed by atoms with E-state index in [1.165, 1.54) is 7.11 Å². The fourth-order valence-electron chi connectivity index (χ4n) is 1.18. The van der Waals surface area contributed by atoms with Crippen molar-refractivity contribution < 1.29 is 14.3 Å². The molecule has 0 saturated heterocycles. The molecule has 1 aromatic rings. The fraction of sp³-hybridized carbons (Fsp3) is 0.333. The van der Waals surface area contributed by atoms with Gasteiger partial charge in [-0.25, -0.2) is 4.79 Å². The third kappa shape index (κ3) is 3.79. The zero-order valence-electron chi connectivity index (χ0n) is 10.2. The van der Waals surface area contributed by atoms with Crippen LogP contribution in [-0.2, 0) is 9.53 Å². The number of hydrogen-bond acceptors (Lipinski definition) is 5. The van der Waals surface area contributed by atoms with Crippen molar-refractivity contribution >= 4 is 17.4 Å². The van der Waals surface area contributed by atoms with E-state index < -0.39 is 5.97 Å². The van der Waals surface area contributed by atoms with Gasteiger partial charge in [-0.1, -0.05) is 6.92 Å². The normalized spacial score (nSPS) is 10.9. The first-order valence-electron chi connectivity index (χ1n) is 5.26. The SMILES string of the molecule is CCC(=NNc1ccc(OC)cc1)C(=O)OC. The first-order valence-corrected chi connectivity index (χ1v) is 5.26. The summed E-state index contributed by atoms with van der Waals surface area (Å²) in [6.07, 6.45) is 0.510. The van der Waals surface area contributed by atoms with Gasteiger partial charge in [-0.15, -0.1) is 0 Å². The quantitative estimate of drug-likeness (QED) is 0.483. The molecule has 0 fully saturated rings. The molecule has 1 rings (SSSR count). The van der Waals surface area contributed by atoms with Gasteiger partial charge < -0.3 is 9.47 Å². The van der Waals surface area contributed by atoms with Gasteiger partial charge in [0.05, 0.1) is 19.9 Å². The number of rotatable bonds is 5. The highest BCUT2D eigenvalue weighted by molar-refractivity contribution is 6.36. The number of hydrogen-bond donors (Lipinski definition) is 1. The van der Waals surface area contributed by atoms with Crippen LogP contribution in [0.3, 0.4) is 0 Å². The Bertz CT molecular complexity index is 399. The second-order valence-corrected chi connectivity index (χ2v) is 3.24. The maximum Gasteiger partial charge on any atom is 0.354 e. The van der Waals surface area contributed by atoms with Crippen LogP contribution in [0.15, 0.2) is 29.4 Å². The largest absolute Gasteiger partial charge is 0.497 e. The van der Waals surface area contributed by atoms with E-state index in [0.717, 1.165) is 11.4 Å². The summed E-state index contributed by atoms with van der Waals surface area (Å²) in [6, 6.07) is 7.24. The number of benzene rings is 1. The lowest BCUT2D eigenvalue weighted by molar-refractivity contribution is -0.132. The lowest BCUT2D eigenvalue weighted by Gasteiger charge is -2.04. The number of nitrogens with one attached hydrogen (secondary N) is 1. The molecule has 1 N–H and O–H groups in total. The summed E-state index contributed by atoms with van der Waals surface area (Å²) in [5, 5.41) is 3.99. The van der Waals surface area contributed by atoms with Gasteiger partial charge in [0.2, 0.25) is 0 Å². The molecule has 1 aromatic carbocycles. The van der Waals surface area contributed by atoms with E-state index in [9.17, 15) is 4.79 Å². The molecule has 0 saturated carbocycles. The van der Waals surface area contributed by atoms with Gasteiger partial charge >= 0.3 is 5.97 Å². The van der Waals surface area contributed by atoms with Crippen LogP contribution in [0.4, 0.5) is 5.69 Å². The molecule has 17 heavy (non-hydrogen) atoms.